The second kappa shape index (κ2) is 5.47. The van der Waals surface area contributed by atoms with Gasteiger partial charge < -0.3 is 9.67 Å². The van der Waals surface area contributed by atoms with E-state index < -0.39 is 0 Å². The van der Waals surface area contributed by atoms with Crippen LogP contribution in [0.5, 0.6) is 0 Å². The number of hydrogen-bond donors (Lipinski definition) is 1. The first-order chi connectivity index (χ1) is 9.29. The molecule has 0 aliphatic carbocycles. The van der Waals surface area contributed by atoms with Crippen LogP contribution in [0.25, 0.3) is 11.3 Å². The number of nitrogens with zero attached hydrogens (tertiary/aromatic N) is 2. The van der Waals surface area contributed by atoms with E-state index in [9.17, 15) is 5.11 Å². The maximum absolute atomic E-state index is 9.31. The lowest BCUT2D eigenvalue weighted by Gasteiger charge is -2.16. The highest BCUT2D eigenvalue weighted by atomic mass is 79.9. The van der Waals surface area contributed by atoms with Crippen molar-refractivity contribution in [2.75, 3.05) is 6.61 Å². The molecule has 1 aromatic heterocycles. The number of aliphatic hydroxyl groups excluding tert-OH is 1. The van der Waals surface area contributed by atoms with Gasteiger partial charge in [0.2, 0.25) is 0 Å². The minimum atomic E-state index is 0.175. The molecule has 3 rings (SSSR count). The van der Waals surface area contributed by atoms with Gasteiger partial charge in [0, 0.05) is 41.7 Å². The molecule has 0 radical (unpaired) electrons. The summed E-state index contributed by atoms with van der Waals surface area (Å²) in [4.78, 5) is 4.81. The number of halogens is 1. The van der Waals surface area contributed by atoms with Crippen molar-refractivity contribution in [3.63, 3.8) is 0 Å². The van der Waals surface area contributed by atoms with Crippen molar-refractivity contribution in [2.45, 2.75) is 32.2 Å². The third-order valence-electron chi connectivity index (χ3n) is 3.65. The SMILES string of the molecule is OCCc1c(-c2ccc(Br)cc2)nc2n1CCCC2. The summed E-state index contributed by atoms with van der Waals surface area (Å²) >= 11 is 3.46. The zero-order chi connectivity index (χ0) is 13.2. The van der Waals surface area contributed by atoms with Crippen molar-refractivity contribution in [3.8, 4) is 11.3 Å². The number of aromatic nitrogens is 2. The molecule has 0 saturated carbocycles. The lowest BCUT2D eigenvalue weighted by atomic mass is 10.1. The number of hydrogen-bond acceptors (Lipinski definition) is 2. The van der Waals surface area contributed by atoms with Gasteiger partial charge in [-0.05, 0) is 25.0 Å². The maximum Gasteiger partial charge on any atom is 0.109 e. The Morgan fingerprint density at radius 3 is 2.74 bits per heavy atom. The largest absolute Gasteiger partial charge is 0.396 e. The Morgan fingerprint density at radius 1 is 1.21 bits per heavy atom. The first-order valence-corrected chi connectivity index (χ1v) is 7.54. The second-order valence-corrected chi connectivity index (χ2v) is 5.83. The van der Waals surface area contributed by atoms with Crippen molar-refractivity contribution in [3.05, 3.63) is 40.3 Å². The van der Waals surface area contributed by atoms with E-state index in [-0.39, 0.29) is 6.61 Å². The van der Waals surface area contributed by atoms with Crippen molar-refractivity contribution in [2.24, 2.45) is 0 Å². The van der Waals surface area contributed by atoms with E-state index in [0.29, 0.717) is 6.42 Å². The van der Waals surface area contributed by atoms with Crippen molar-refractivity contribution in [1.82, 2.24) is 9.55 Å². The highest BCUT2D eigenvalue weighted by molar-refractivity contribution is 9.10. The fraction of sp³-hybridized carbons (Fsp3) is 0.400. The molecule has 4 heteroatoms. The molecule has 100 valence electrons. The van der Waals surface area contributed by atoms with Gasteiger partial charge >= 0.3 is 0 Å². The minimum Gasteiger partial charge on any atom is -0.396 e. The first kappa shape index (κ1) is 12.9. The summed E-state index contributed by atoms with van der Waals surface area (Å²) in [6.07, 6.45) is 4.16. The topological polar surface area (TPSA) is 38.1 Å². The second-order valence-electron chi connectivity index (χ2n) is 4.91. The van der Waals surface area contributed by atoms with E-state index >= 15 is 0 Å². The van der Waals surface area contributed by atoms with Gasteiger partial charge in [0.05, 0.1) is 5.69 Å². The van der Waals surface area contributed by atoms with Gasteiger partial charge in [-0.15, -0.1) is 0 Å². The molecular formula is C15H17BrN2O. The van der Waals surface area contributed by atoms with Crippen LogP contribution in [0.2, 0.25) is 0 Å². The molecule has 1 aromatic carbocycles. The third-order valence-corrected chi connectivity index (χ3v) is 4.18. The standard InChI is InChI=1S/C15H17BrN2O/c16-12-6-4-11(5-7-12)15-13(8-10-19)18-9-2-1-3-14(18)17-15/h4-7,19H,1-3,8-10H2. The lowest BCUT2D eigenvalue weighted by molar-refractivity contribution is 0.295. The van der Waals surface area contributed by atoms with Crippen LogP contribution in [0, 0.1) is 0 Å². The molecule has 0 amide bonds. The van der Waals surface area contributed by atoms with Crippen LogP contribution >= 0.6 is 15.9 Å². The Kier molecular flexibility index (Phi) is 3.71. The fourth-order valence-corrected chi connectivity index (χ4v) is 3.01. The summed E-state index contributed by atoms with van der Waals surface area (Å²) in [6.45, 7) is 1.21. The fourth-order valence-electron chi connectivity index (χ4n) is 2.74. The number of aliphatic hydroxyl groups is 1. The molecule has 3 nitrogen and oxygen atoms in total. The summed E-state index contributed by atoms with van der Waals surface area (Å²) in [5.41, 5.74) is 3.35. The van der Waals surface area contributed by atoms with Crippen LogP contribution in [-0.2, 0) is 19.4 Å². The Balaban J connectivity index is 2.09. The van der Waals surface area contributed by atoms with Crippen molar-refractivity contribution >= 4 is 15.9 Å². The number of imidazole rings is 1. The van der Waals surface area contributed by atoms with Gasteiger partial charge in [-0.25, -0.2) is 4.98 Å². The van der Waals surface area contributed by atoms with E-state index in [1.165, 1.54) is 24.4 Å². The monoisotopic (exact) mass is 320 g/mol. The molecular weight excluding hydrogens is 304 g/mol. The van der Waals surface area contributed by atoms with Crippen LogP contribution in [0.15, 0.2) is 28.7 Å². The minimum absolute atomic E-state index is 0.175. The van der Waals surface area contributed by atoms with Crippen LogP contribution in [0.3, 0.4) is 0 Å². The van der Waals surface area contributed by atoms with Gasteiger partial charge in [-0.1, -0.05) is 28.1 Å². The smallest absolute Gasteiger partial charge is 0.109 e. The molecule has 19 heavy (non-hydrogen) atoms. The molecule has 0 spiro atoms. The summed E-state index contributed by atoms with van der Waals surface area (Å²) in [6, 6.07) is 8.24. The number of fused-ring (bicyclic) bond motifs is 1. The van der Waals surface area contributed by atoms with E-state index in [4.69, 9.17) is 4.98 Å². The molecule has 2 aromatic rings. The van der Waals surface area contributed by atoms with E-state index in [0.717, 1.165) is 28.7 Å². The Morgan fingerprint density at radius 2 is 2.00 bits per heavy atom. The maximum atomic E-state index is 9.31. The Hall–Kier alpha value is -1.13. The van der Waals surface area contributed by atoms with Gasteiger partial charge in [0.15, 0.2) is 0 Å². The quantitative estimate of drug-likeness (QED) is 0.943. The molecule has 1 aliphatic heterocycles. The van der Waals surface area contributed by atoms with Gasteiger partial charge in [-0.3, -0.25) is 0 Å². The average molecular weight is 321 g/mol. The summed E-state index contributed by atoms with van der Waals surface area (Å²) in [7, 11) is 0. The Labute approximate surface area is 121 Å². The molecule has 1 N–H and O–H groups in total. The Bertz CT molecular complexity index is 575. The van der Waals surface area contributed by atoms with Crippen LogP contribution in [-0.4, -0.2) is 21.3 Å². The van der Waals surface area contributed by atoms with Gasteiger partial charge in [0.1, 0.15) is 5.82 Å². The van der Waals surface area contributed by atoms with E-state index in [1.807, 2.05) is 12.1 Å². The van der Waals surface area contributed by atoms with Gasteiger partial charge in [0.25, 0.3) is 0 Å². The molecule has 0 fully saturated rings. The van der Waals surface area contributed by atoms with Crippen LogP contribution in [0.4, 0.5) is 0 Å². The molecule has 0 saturated heterocycles. The highest BCUT2D eigenvalue weighted by Crippen LogP contribution is 2.28. The van der Waals surface area contributed by atoms with Crippen molar-refractivity contribution < 1.29 is 5.11 Å². The molecule has 0 unspecified atom stereocenters. The molecule has 0 bridgehead atoms. The predicted molar refractivity (Wildman–Crippen MR) is 79.1 cm³/mol. The molecule has 1 aliphatic rings. The van der Waals surface area contributed by atoms with E-state index in [1.54, 1.807) is 0 Å². The number of rotatable bonds is 3. The predicted octanol–water partition coefficient (Wildman–Crippen LogP) is 3.18. The molecule has 2 heterocycles. The average Bonchev–Trinajstić information content (AvgIpc) is 2.79. The van der Waals surface area contributed by atoms with Crippen LogP contribution < -0.4 is 0 Å². The molecule has 0 atom stereocenters. The lowest BCUT2D eigenvalue weighted by Crippen LogP contribution is -2.13. The van der Waals surface area contributed by atoms with Gasteiger partial charge in [-0.2, -0.15) is 0 Å². The summed E-state index contributed by atoms with van der Waals surface area (Å²) in [5.74, 6) is 1.17. The number of benzene rings is 1. The van der Waals surface area contributed by atoms with Crippen LogP contribution in [0.1, 0.15) is 24.4 Å². The summed E-state index contributed by atoms with van der Waals surface area (Å²) < 4.78 is 3.38. The zero-order valence-corrected chi connectivity index (χ0v) is 12.4. The first-order valence-electron chi connectivity index (χ1n) is 6.74. The zero-order valence-electron chi connectivity index (χ0n) is 10.8. The highest BCUT2D eigenvalue weighted by Gasteiger charge is 2.20. The van der Waals surface area contributed by atoms with Crippen molar-refractivity contribution in [1.29, 1.82) is 0 Å². The normalized spacial score (nSPS) is 14.4. The summed E-state index contributed by atoms with van der Waals surface area (Å²) in [5, 5.41) is 9.31. The third kappa shape index (κ3) is 2.47. The number of aryl methyl sites for hydroxylation is 1. The van der Waals surface area contributed by atoms with E-state index in [2.05, 4.69) is 32.6 Å².